The number of hydrogen-bond donors (Lipinski definition) is 1. The fourth-order valence-corrected chi connectivity index (χ4v) is 5.75. The standard InChI is InChI=1S/C28H29FN4O3/c29-23-15-18(20-3-1-5-24-21(20)4-2-12-31-24)6-9-22(23)26(27(30)35)32-13-10-28(11-14-32)17-33(19-7-8-19)25(34)16-36-28/h1-6,9,12,15,19,26H,7-8,10-11,13-14,16-17H2,(H2,30,35). The molecule has 1 spiro atoms. The highest BCUT2D eigenvalue weighted by molar-refractivity contribution is 5.94. The lowest BCUT2D eigenvalue weighted by Crippen LogP contribution is -2.60. The van der Waals surface area contributed by atoms with Gasteiger partial charge in [-0.05, 0) is 55.0 Å². The number of pyridine rings is 1. The minimum atomic E-state index is -0.865. The summed E-state index contributed by atoms with van der Waals surface area (Å²) in [6.07, 6.45) is 5.17. The molecule has 1 saturated carbocycles. The highest BCUT2D eigenvalue weighted by Crippen LogP contribution is 2.39. The van der Waals surface area contributed by atoms with Crippen LogP contribution in [0.2, 0.25) is 0 Å². The van der Waals surface area contributed by atoms with Crippen molar-refractivity contribution in [2.75, 3.05) is 26.2 Å². The third kappa shape index (κ3) is 4.14. The van der Waals surface area contributed by atoms with Gasteiger partial charge in [-0.15, -0.1) is 0 Å². The highest BCUT2D eigenvalue weighted by atomic mass is 19.1. The number of primary amides is 1. The van der Waals surface area contributed by atoms with Crippen LogP contribution in [0.15, 0.2) is 54.7 Å². The Bertz CT molecular complexity index is 1330. The van der Waals surface area contributed by atoms with Crippen molar-refractivity contribution in [2.24, 2.45) is 5.73 Å². The van der Waals surface area contributed by atoms with E-state index in [0.717, 1.165) is 34.9 Å². The van der Waals surface area contributed by atoms with Crippen molar-refractivity contribution in [2.45, 2.75) is 43.4 Å². The van der Waals surface area contributed by atoms with Gasteiger partial charge in [-0.3, -0.25) is 19.5 Å². The number of aromatic nitrogens is 1. The number of hydrogen-bond acceptors (Lipinski definition) is 5. The van der Waals surface area contributed by atoms with E-state index in [4.69, 9.17) is 10.5 Å². The Hall–Kier alpha value is -3.36. The monoisotopic (exact) mass is 488 g/mol. The van der Waals surface area contributed by atoms with E-state index in [9.17, 15) is 9.59 Å². The Kier molecular flexibility index (Phi) is 5.73. The lowest BCUT2D eigenvalue weighted by Gasteiger charge is -2.48. The van der Waals surface area contributed by atoms with Crippen LogP contribution in [-0.2, 0) is 14.3 Å². The Labute approximate surface area is 209 Å². The molecule has 2 aliphatic heterocycles. The molecule has 1 atom stereocenters. The summed E-state index contributed by atoms with van der Waals surface area (Å²) >= 11 is 0. The Balaban J connectivity index is 1.23. The van der Waals surface area contributed by atoms with Gasteiger partial charge in [0.1, 0.15) is 18.5 Å². The molecule has 3 heterocycles. The number of halogens is 1. The van der Waals surface area contributed by atoms with Crippen molar-refractivity contribution in [3.63, 3.8) is 0 Å². The summed E-state index contributed by atoms with van der Waals surface area (Å²) in [6.45, 7) is 1.77. The summed E-state index contributed by atoms with van der Waals surface area (Å²) in [4.78, 5) is 33.1. The molecule has 186 valence electrons. The van der Waals surface area contributed by atoms with Crippen LogP contribution in [0.5, 0.6) is 0 Å². The van der Waals surface area contributed by atoms with Gasteiger partial charge in [-0.2, -0.15) is 0 Å². The zero-order chi connectivity index (χ0) is 24.9. The zero-order valence-corrected chi connectivity index (χ0v) is 20.0. The molecule has 2 saturated heterocycles. The first-order valence-electron chi connectivity index (χ1n) is 12.5. The molecule has 1 unspecified atom stereocenters. The number of morpholine rings is 1. The van der Waals surface area contributed by atoms with Crippen molar-refractivity contribution in [3.8, 4) is 11.1 Å². The van der Waals surface area contributed by atoms with Crippen LogP contribution in [0, 0.1) is 5.82 Å². The van der Waals surface area contributed by atoms with Crippen LogP contribution >= 0.6 is 0 Å². The first-order valence-corrected chi connectivity index (χ1v) is 12.5. The number of fused-ring (bicyclic) bond motifs is 1. The van der Waals surface area contributed by atoms with E-state index in [1.54, 1.807) is 12.3 Å². The van der Waals surface area contributed by atoms with Crippen molar-refractivity contribution in [1.29, 1.82) is 0 Å². The molecule has 8 heteroatoms. The predicted octanol–water partition coefficient (Wildman–Crippen LogP) is 3.42. The summed E-state index contributed by atoms with van der Waals surface area (Å²) in [6, 6.07) is 14.0. The number of likely N-dealkylation sites (tertiary alicyclic amines) is 1. The van der Waals surface area contributed by atoms with Crippen LogP contribution in [0.1, 0.15) is 37.3 Å². The number of piperidine rings is 1. The van der Waals surface area contributed by atoms with Crippen molar-refractivity contribution in [3.05, 3.63) is 66.1 Å². The number of nitrogens with two attached hydrogens (primary N) is 1. The minimum Gasteiger partial charge on any atom is -0.368 e. The van der Waals surface area contributed by atoms with Gasteiger partial charge in [-0.25, -0.2) is 4.39 Å². The molecule has 2 N–H and O–H groups in total. The fraction of sp³-hybridized carbons (Fsp3) is 0.393. The quantitative estimate of drug-likeness (QED) is 0.595. The molecule has 1 aromatic heterocycles. The summed E-state index contributed by atoms with van der Waals surface area (Å²) in [5.74, 6) is -0.979. The molecule has 2 aromatic carbocycles. The van der Waals surface area contributed by atoms with E-state index in [0.29, 0.717) is 38.5 Å². The lowest BCUT2D eigenvalue weighted by molar-refractivity contribution is -0.173. The van der Waals surface area contributed by atoms with Crippen LogP contribution in [0.25, 0.3) is 22.0 Å². The first-order chi connectivity index (χ1) is 17.4. The van der Waals surface area contributed by atoms with E-state index in [1.807, 2.05) is 46.2 Å². The van der Waals surface area contributed by atoms with Crippen LogP contribution in [0.3, 0.4) is 0 Å². The van der Waals surface area contributed by atoms with Gasteiger partial charge in [0, 0.05) is 36.3 Å². The van der Waals surface area contributed by atoms with E-state index in [1.165, 1.54) is 6.07 Å². The normalized spacial score (nSPS) is 21.1. The molecule has 7 nitrogen and oxygen atoms in total. The van der Waals surface area contributed by atoms with Crippen LogP contribution < -0.4 is 5.73 Å². The topological polar surface area (TPSA) is 88.8 Å². The summed E-state index contributed by atoms with van der Waals surface area (Å²) in [5.41, 5.74) is 8.12. The molecule has 3 aliphatic rings. The predicted molar refractivity (Wildman–Crippen MR) is 133 cm³/mol. The number of benzene rings is 2. The van der Waals surface area contributed by atoms with Gasteiger partial charge in [0.15, 0.2) is 0 Å². The average Bonchev–Trinajstić information content (AvgIpc) is 3.73. The first kappa shape index (κ1) is 23.1. The Morgan fingerprint density at radius 3 is 2.67 bits per heavy atom. The molecule has 1 aliphatic carbocycles. The maximum atomic E-state index is 15.5. The number of amides is 2. The third-order valence-corrected chi connectivity index (χ3v) is 7.86. The fourth-order valence-electron chi connectivity index (χ4n) is 5.75. The molecule has 3 aromatic rings. The number of ether oxygens (including phenoxy) is 1. The summed E-state index contributed by atoms with van der Waals surface area (Å²) in [5, 5.41) is 0.936. The molecular formula is C28H29FN4O3. The molecule has 2 amide bonds. The van der Waals surface area contributed by atoms with Gasteiger partial charge in [0.25, 0.3) is 0 Å². The van der Waals surface area contributed by atoms with Crippen molar-refractivity contribution in [1.82, 2.24) is 14.8 Å². The maximum absolute atomic E-state index is 15.5. The van der Waals surface area contributed by atoms with E-state index in [2.05, 4.69) is 4.98 Å². The lowest BCUT2D eigenvalue weighted by atomic mass is 9.87. The van der Waals surface area contributed by atoms with E-state index < -0.39 is 23.4 Å². The molecule has 6 rings (SSSR count). The van der Waals surface area contributed by atoms with Crippen molar-refractivity contribution < 1.29 is 18.7 Å². The van der Waals surface area contributed by atoms with Gasteiger partial charge >= 0.3 is 0 Å². The second-order valence-corrected chi connectivity index (χ2v) is 10.2. The van der Waals surface area contributed by atoms with Gasteiger partial charge in [0.05, 0.1) is 17.7 Å². The number of rotatable bonds is 5. The SMILES string of the molecule is NC(=O)C(c1ccc(-c2cccc3ncccc23)cc1F)N1CCC2(CC1)CN(C1CC1)C(=O)CO2. The molecule has 3 fully saturated rings. The summed E-state index contributed by atoms with van der Waals surface area (Å²) in [7, 11) is 0. The Morgan fingerprint density at radius 2 is 1.94 bits per heavy atom. The number of nitrogens with zero attached hydrogens (tertiary/aromatic N) is 3. The number of carbonyl (C=O) groups excluding carboxylic acids is 2. The van der Waals surface area contributed by atoms with Crippen LogP contribution in [-0.4, -0.2) is 64.5 Å². The summed E-state index contributed by atoms with van der Waals surface area (Å²) < 4.78 is 21.6. The Morgan fingerprint density at radius 1 is 1.14 bits per heavy atom. The molecule has 0 bridgehead atoms. The molecule has 0 radical (unpaired) electrons. The maximum Gasteiger partial charge on any atom is 0.248 e. The van der Waals surface area contributed by atoms with E-state index >= 15 is 4.39 Å². The largest absolute Gasteiger partial charge is 0.368 e. The second kappa shape index (κ2) is 8.94. The van der Waals surface area contributed by atoms with Gasteiger partial charge in [-0.1, -0.05) is 30.3 Å². The van der Waals surface area contributed by atoms with Crippen LogP contribution in [0.4, 0.5) is 4.39 Å². The number of carbonyl (C=O) groups is 2. The van der Waals surface area contributed by atoms with E-state index in [-0.39, 0.29) is 18.1 Å². The van der Waals surface area contributed by atoms with Gasteiger partial charge in [0.2, 0.25) is 11.8 Å². The van der Waals surface area contributed by atoms with Crippen molar-refractivity contribution >= 4 is 22.7 Å². The smallest absolute Gasteiger partial charge is 0.248 e. The average molecular weight is 489 g/mol. The third-order valence-electron chi connectivity index (χ3n) is 7.86. The molecular weight excluding hydrogens is 459 g/mol. The second-order valence-electron chi connectivity index (χ2n) is 10.2. The van der Waals surface area contributed by atoms with Gasteiger partial charge < -0.3 is 15.4 Å². The minimum absolute atomic E-state index is 0.0599. The molecule has 36 heavy (non-hydrogen) atoms. The zero-order valence-electron chi connectivity index (χ0n) is 20.0. The highest BCUT2D eigenvalue weighted by Gasteiger charge is 2.47.